The monoisotopic (exact) mass is 224 g/mol. The highest BCUT2D eigenvalue weighted by Gasteiger charge is 2.10. The number of allylic oxidation sites excluding steroid dienone is 2. The Morgan fingerprint density at radius 2 is 2.31 bits per heavy atom. The summed E-state index contributed by atoms with van der Waals surface area (Å²) in [6.45, 7) is 8.36. The fourth-order valence-corrected chi connectivity index (χ4v) is 1.27. The lowest BCUT2D eigenvalue weighted by Gasteiger charge is -2.17. The number of hydrogen-bond donors (Lipinski definition) is 0. The van der Waals surface area contributed by atoms with Crippen molar-refractivity contribution in [2.45, 2.75) is 19.4 Å². The zero-order valence-electron chi connectivity index (χ0n) is 9.85. The molecule has 1 atom stereocenters. The Kier molecular flexibility index (Phi) is 6.61. The molecule has 16 heavy (non-hydrogen) atoms. The molecule has 0 aromatic rings. The normalized spacial score (nSPS) is 26.6. The highest BCUT2D eigenvalue weighted by molar-refractivity contribution is 5.12. The summed E-state index contributed by atoms with van der Waals surface area (Å²) in [5.74, 6) is 0.642. The molecular weight excluding hydrogens is 204 g/mol. The van der Waals surface area contributed by atoms with Gasteiger partial charge >= 0.3 is 0 Å². The molecule has 3 heteroatoms. The summed E-state index contributed by atoms with van der Waals surface area (Å²) in [7, 11) is 0. The first kappa shape index (κ1) is 13.0. The Hall–Kier alpha value is -1.06. The average molecular weight is 224 g/mol. The van der Waals surface area contributed by atoms with Crippen LogP contribution in [-0.2, 0) is 14.2 Å². The van der Waals surface area contributed by atoms with Gasteiger partial charge in [-0.1, -0.05) is 31.7 Å². The zero-order chi connectivity index (χ0) is 11.6. The van der Waals surface area contributed by atoms with Crippen molar-refractivity contribution in [3.63, 3.8) is 0 Å². The van der Waals surface area contributed by atoms with E-state index in [0.717, 1.165) is 6.42 Å². The Morgan fingerprint density at radius 1 is 1.44 bits per heavy atom. The Bertz CT molecular complexity index is 256. The molecule has 0 aliphatic carbocycles. The molecular formula is C13H20O3. The maximum Gasteiger partial charge on any atom is 0.132 e. The fraction of sp³-hybridized carbons (Fsp3) is 0.538. The minimum absolute atomic E-state index is 0.164. The van der Waals surface area contributed by atoms with Gasteiger partial charge in [-0.2, -0.15) is 0 Å². The molecule has 0 amide bonds. The summed E-state index contributed by atoms with van der Waals surface area (Å²) in [5, 5.41) is 0. The van der Waals surface area contributed by atoms with Gasteiger partial charge in [0.2, 0.25) is 0 Å². The van der Waals surface area contributed by atoms with Crippen LogP contribution in [0.2, 0.25) is 0 Å². The third-order valence-electron chi connectivity index (χ3n) is 2.08. The molecule has 1 rings (SSSR count). The van der Waals surface area contributed by atoms with Gasteiger partial charge in [0.15, 0.2) is 0 Å². The van der Waals surface area contributed by atoms with Crippen LogP contribution in [0.25, 0.3) is 0 Å². The van der Waals surface area contributed by atoms with E-state index in [-0.39, 0.29) is 6.10 Å². The number of hydrogen-bond acceptors (Lipinski definition) is 3. The van der Waals surface area contributed by atoms with E-state index in [4.69, 9.17) is 14.2 Å². The van der Waals surface area contributed by atoms with Gasteiger partial charge in [0.05, 0.1) is 13.2 Å². The second kappa shape index (κ2) is 8.13. The van der Waals surface area contributed by atoms with E-state index in [1.54, 1.807) is 0 Å². The third kappa shape index (κ3) is 5.14. The predicted molar refractivity (Wildman–Crippen MR) is 64.2 cm³/mol. The van der Waals surface area contributed by atoms with Crippen molar-refractivity contribution in [3.05, 3.63) is 36.6 Å². The van der Waals surface area contributed by atoms with Gasteiger partial charge in [-0.3, -0.25) is 0 Å². The SMILES string of the molecule is C=C1OCCOC/C=C\C=C\C1OCCC. The van der Waals surface area contributed by atoms with Crippen LogP contribution in [0, 0.1) is 0 Å². The maximum absolute atomic E-state index is 5.63. The van der Waals surface area contributed by atoms with Crippen LogP contribution in [0.5, 0.6) is 0 Å². The van der Waals surface area contributed by atoms with Gasteiger partial charge in [-0.25, -0.2) is 0 Å². The van der Waals surface area contributed by atoms with Gasteiger partial charge in [-0.05, 0) is 12.5 Å². The van der Waals surface area contributed by atoms with Crippen LogP contribution in [0.1, 0.15) is 13.3 Å². The molecule has 90 valence electrons. The summed E-state index contributed by atoms with van der Waals surface area (Å²) in [5.41, 5.74) is 0. The molecule has 1 unspecified atom stereocenters. The quantitative estimate of drug-likeness (QED) is 0.737. The lowest BCUT2D eigenvalue weighted by Crippen LogP contribution is -2.17. The van der Waals surface area contributed by atoms with Crippen LogP contribution in [0.4, 0.5) is 0 Å². The van der Waals surface area contributed by atoms with Gasteiger partial charge < -0.3 is 14.2 Å². The summed E-state index contributed by atoms with van der Waals surface area (Å²) in [4.78, 5) is 0. The zero-order valence-corrected chi connectivity index (χ0v) is 9.85. The molecule has 0 radical (unpaired) electrons. The molecule has 0 bridgehead atoms. The van der Waals surface area contributed by atoms with Crippen molar-refractivity contribution in [1.82, 2.24) is 0 Å². The summed E-state index contributed by atoms with van der Waals surface area (Å²) in [6, 6.07) is 0. The van der Waals surface area contributed by atoms with E-state index in [2.05, 4.69) is 13.5 Å². The lowest BCUT2D eigenvalue weighted by atomic mass is 10.2. The van der Waals surface area contributed by atoms with Crippen LogP contribution in [0.3, 0.4) is 0 Å². The maximum atomic E-state index is 5.63. The van der Waals surface area contributed by atoms with Crippen LogP contribution < -0.4 is 0 Å². The molecule has 0 aromatic carbocycles. The fourth-order valence-electron chi connectivity index (χ4n) is 1.27. The molecule has 1 aliphatic rings. The van der Waals surface area contributed by atoms with Gasteiger partial charge in [0.25, 0.3) is 0 Å². The first-order chi connectivity index (χ1) is 7.84. The smallest absolute Gasteiger partial charge is 0.132 e. The van der Waals surface area contributed by atoms with E-state index in [9.17, 15) is 0 Å². The molecule has 1 aliphatic heterocycles. The standard InChI is InChI=1S/C13H20O3/c1-3-8-16-13-7-5-4-6-9-14-10-11-15-12(13)2/h4-7,13H,2-3,8-11H2,1H3/b6-4-,7-5+. The van der Waals surface area contributed by atoms with E-state index in [1.807, 2.05) is 24.3 Å². The van der Waals surface area contributed by atoms with Crippen LogP contribution in [0.15, 0.2) is 36.6 Å². The minimum Gasteiger partial charge on any atom is -0.493 e. The third-order valence-corrected chi connectivity index (χ3v) is 2.08. The van der Waals surface area contributed by atoms with Crippen LogP contribution in [-0.4, -0.2) is 32.5 Å². The van der Waals surface area contributed by atoms with E-state index in [0.29, 0.717) is 32.2 Å². The molecule has 0 N–H and O–H groups in total. The summed E-state index contributed by atoms with van der Waals surface area (Å²) >= 11 is 0. The van der Waals surface area contributed by atoms with Gasteiger partial charge in [-0.15, -0.1) is 0 Å². The highest BCUT2D eigenvalue weighted by Crippen LogP contribution is 2.09. The molecule has 0 fully saturated rings. The predicted octanol–water partition coefficient (Wildman–Crippen LogP) is 2.45. The molecule has 3 nitrogen and oxygen atoms in total. The average Bonchev–Trinajstić information content (AvgIpc) is 2.33. The highest BCUT2D eigenvalue weighted by atomic mass is 16.6. The van der Waals surface area contributed by atoms with E-state index in [1.165, 1.54) is 0 Å². The Morgan fingerprint density at radius 3 is 3.12 bits per heavy atom. The largest absolute Gasteiger partial charge is 0.493 e. The second-order valence-corrected chi connectivity index (χ2v) is 3.49. The van der Waals surface area contributed by atoms with Crippen LogP contribution >= 0.6 is 0 Å². The molecule has 0 aromatic heterocycles. The summed E-state index contributed by atoms with van der Waals surface area (Å²) in [6.07, 6.45) is 8.60. The van der Waals surface area contributed by atoms with E-state index >= 15 is 0 Å². The minimum atomic E-state index is -0.164. The summed E-state index contributed by atoms with van der Waals surface area (Å²) < 4.78 is 16.4. The Balaban J connectivity index is 2.55. The first-order valence-electron chi connectivity index (χ1n) is 5.69. The first-order valence-corrected chi connectivity index (χ1v) is 5.69. The van der Waals surface area contributed by atoms with Crippen molar-refractivity contribution in [3.8, 4) is 0 Å². The topological polar surface area (TPSA) is 27.7 Å². The molecule has 0 saturated heterocycles. The number of ether oxygens (including phenoxy) is 3. The lowest BCUT2D eigenvalue weighted by molar-refractivity contribution is 0.0364. The van der Waals surface area contributed by atoms with Crippen molar-refractivity contribution < 1.29 is 14.2 Å². The Labute approximate surface area is 97.4 Å². The van der Waals surface area contributed by atoms with Crippen molar-refractivity contribution >= 4 is 0 Å². The van der Waals surface area contributed by atoms with Gasteiger partial charge in [0, 0.05) is 6.61 Å². The molecule has 1 heterocycles. The second-order valence-electron chi connectivity index (χ2n) is 3.49. The van der Waals surface area contributed by atoms with Crippen molar-refractivity contribution in [2.24, 2.45) is 0 Å². The van der Waals surface area contributed by atoms with E-state index < -0.39 is 0 Å². The number of rotatable bonds is 3. The molecule has 0 spiro atoms. The van der Waals surface area contributed by atoms with Crippen molar-refractivity contribution in [2.75, 3.05) is 26.4 Å². The van der Waals surface area contributed by atoms with Gasteiger partial charge in [0.1, 0.15) is 18.5 Å². The van der Waals surface area contributed by atoms with Crippen molar-refractivity contribution in [1.29, 1.82) is 0 Å². The molecule has 0 saturated carbocycles.